The second kappa shape index (κ2) is 6.49. The second-order valence-corrected chi connectivity index (χ2v) is 3.76. The molecule has 19 heavy (non-hydrogen) atoms. The summed E-state index contributed by atoms with van der Waals surface area (Å²) >= 11 is 0. The van der Waals surface area contributed by atoms with E-state index in [1.54, 1.807) is 18.6 Å². The average Bonchev–Trinajstić information content (AvgIpc) is 2.46. The lowest BCUT2D eigenvalue weighted by Crippen LogP contribution is -1.96. The van der Waals surface area contributed by atoms with Gasteiger partial charge in [0.1, 0.15) is 12.4 Å². The molecule has 0 atom stereocenters. The molecular weight excluding hydrogens is 242 g/mol. The van der Waals surface area contributed by atoms with Gasteiger partial charge in [0.25, 0.3) is 0 Å². The smallest absolute Gasteiger partial charge is 0.237 e. The maximum absolute atomic E-state index is 5.55. The molecule has 0 aliphatic carbocycles. The van der Waals surface area contributed by atoms with E-state index in [-0.39, 0.29) is 0 Å². The van der Waals surface area contributed by atoms with Gasteiger partial charge in [-0.05, 0) is 43.7 Å². The fourth-order valence-corrected chi connectivity index (χ4v) is 1.44. The van der Waals surface area contributed by atoms with Crippen LogP contribution in [0.2, 0.25) is 0 Å². The number of hydrogen-bond donors (Lipinski definition) is 0. The van der Waals surface area contributed by atoms with Crippen LogP contribution in [0.3, 0.4) is 0 Å². The summed E-state index contributed by atoms with van der Waals surface area (Å²) < 4.78 is 5.55. The van der Waals surface area contributed by atoms with Crippen molar-refractivity contribution in [2.24, 2.45) is 5.16 Å². The van der Waals surface area contributed by atoms with Crippen LogP contribution in [-0.2, 0) is 4.84 Å². The minimum absolute atomic E-state index is 0.468. The first kappa shape index (κ1) is 13.0. The van der Waals surface area contributed by atoms with Gasteiger partial charge in [-0.1, -0.05) is 5.16 Å². The van der Waals surface area contributed by atoms with E-state index in [0.717, 1.165) is 11.3 Å². The molecule has 1 heterocycles. The summed E-state index contributed by atoms with van der Waals surface area (Å²) in [5.74, 6) is 1.17. The lowest BCUT2D eigenvalue weighted by atomic mass is 10.1. The van der Waals surface area contributed by atoms with Crippen LogP contribution in [0.4, 0.5) is 0 Å². The predicted octanol–water partition coefficient (Wildman–Crippen LogP) is 3.03. The molecule has 0 aliphatic heterocycles. The van der Waals surface area contributed by atoms with Gasteiger partial charge in [-0.2, -0.15) is 0 Å². The summed E-state index contributed by atoms with van der Waals surface area (Å²) in [5, 5.41) is 3.98. The van der Waals surface area contributed by atoms with Crippen LogP contribution in [0.5, 0.6) is 11.6 Å². The minimum atomic E-state index is 0.468. The van der Waals surface area contributed by atoms with Gasteiger partial charge in [0.15, 0.2) is 0 Å². The second-order valence-electron chi connectivity index (χ2n) is 3.76. The molecule has 0 radical (unpaired) electrons. The Balaban J connectivity index is 2.06. The van der Waals surface area contributed by atoms with E-state index < -0.39 is 0 Å². The molecule has 5 heteroatoms. The fourth-order valence-electron chi connectivity index (χ4n) is 1.44. The van der Waals surface area contributed by atoms with Gasteiger partial charge in [-0.3, -0.25) is 4.98 Å². The number of ether oxygens (including phenoxy) is 1. The van der Waals surface area contributed by atoms with Crippen molar-refractivity contribution in [1.29, 1.82) is 0 Å². The number of aromatic nitrogens is 2. The number of hydrogen-bond acceptors (Lipinski definition) is 5. The summed E-state index contributed by atoms with van der Waals surface area (Å²) in [6, 6.07) is 7.55. The van der Waals surface area contributed by atoms with Gasteiger partial charge in [0, 0.05) is 12.4 Å². The first-order chi connectivity index (χ1) is 9.29. The first-order valence-electron chi connectivity index (χ1n) is 6.00. The third-order valence-electron chi connectivity index (χ3n) is 2.36. The van der Waals surface area contributed by atoms with Crippen molar-refractivity contribution in [1.82, 2.24) is 9.97 Å². The number of nitrogens with zero attached hydrogens (tertiary/aromatic N) is 3. The average molecular weight is 257 g/mol. The van der Waals surface area contributed by atoms with E-state index >= 15 is 0 Å². The number of oxime groups is 1. The maximum atomic E-state index is 5.55. The van der Waals surface area contributed by atoms with Crippen LogP contribution in [0.15, 0.2) is 48.0 Å². The highest BCUT2D eigenvalue weighted by Gasteiger charge is 2.01. The van der Waals surface area contributed by atoms with Gasteiger partial charge in [0.05, 0.1) is 11.9 Å². The van der Waals surface area contributed by atoms with Gasteiger partial charge in [-0.15, -0.1) is 0 Å². The molecule has 0 aliphatic rings. The normalized spacial score (nSPS) is 11.2. The van der Waals surface area contributed by atoms with Crippen molar-refractivity contribution in [2.45, 2.75) is 13.8 Å². The molecule has 0 fully saturated rings. The third-order valence-corrected chi connectivity index (χ3v) is 2.36. The van der Waals surface area contributed by atoms with Crippen LogP contribution in [0, 0.1) is 0 Å². The van der Waals surface area contributed by atoms with Crippen LogP contribution in [0.1, 0.15) is 19.4 Å². The molecule has 1 aromatic carbocycles. The topological polar surface area (TPSA) is 56.6 Å². The van der Waals surface area contributed by atoms with Gasteiger partial charge >= 0.3 is 0 Å². The van der Waals surface area contributed by atoms with E-state index in [0.29, 0.717) is 18.2 Å². The molecule has 0 unspecified atom stereocenters. The Kier molecular flexibility index (Phi) is 4.44. The minimum Gasteiger partial charge on any atom is -0.438 e. The standard InChI is InChI=1S/C14H15N3O2/c1-3-18-17-11(2)12-4-6-13(7-5-12)19-14-10-15-8-9-16-14/h4-10H,3H2,1-2H3. The zero-order valence-electron chi connectivity index (χ0n) is 10.9. The Labute approximate surface area is 111 Å². The van der Waals surface area contributed by atoms with Crippen molar-refractivity contribution >= 4 is 5.71 Å². The Bertz CT molecular complexity index is 538. The molecular formula is C14H15N3O2. The summed E-state index contributed by atoms with van der Waals surface area (Å²) in [5.41, 5.74) is 1.81. The lowest BCUT2D eigenvalue weighted by molar-refractivity contribution is 0.159. The first-order valence-corrected chi connectivity index (χ1v) is 6.00. The highest BCUT2D eigenvalue weighted by molar-refractivity contribution is 5.98. The molecule has 0 saturated heterocycles. The van der Waals surface area contributed by atoms with Crippen LogP contribution < -0.4 is 4.74 Å². The van der Waals surface area contributed by atoms with E-state index in [9.17, 15) is 0 Å². The molecule has 1 aromatic heterocycles. The summed E-state index contributed by atoms with van der Waals surface area (Å²) in [6.45, 7) is 4.36. The quantitative estimate of drug-likeness (QED) is 0.610. The number of benzene rings is 1. The van der Waals surface area contributed by atoms with Crippen LogP contribution in [-0.4, -0.2) is 22.3 Å². The van der Waals surface area contributed by atoms with Crippen molar-refractivity contribution < 1.29 is 9.57 Å². The Hall–Kier alpha value is -2.43. The molecule has 2 aromatic rings. The van der Waals surface area contributed by atoms with Gasteiger partial charge < -0.3 is 9.57 Å². The molecule has 0 spiro atoms. The Morgan fingerprint density at radius 3 is 2.63 bits per heavy atom. The van der Waals surface area contributed by atoms with Gasteiger partial charge in [0.2, 0.25) is 5.88 Å². The van der Waals surface area contributed by atoms with E-state index in [2.05, 4.69) is 15.1 Å². The molecule has 2 rings (SSSR count). The lowest BCUT2D eigenvalue weighted by Gasteiger charge is -2.05. The molecule has 0 amide bonds. The fraction of sp³-hybridized carbons (Fsp3) is 0.214. The summed E-state index contributed by atoms with van der Waals surface area (Å²) in [7, 11) is 0. The van der Waals surface area contributed by atoms with Crippen molar-refractivity contribution in [2.75, 3.05) is 6.61 Å². The molecule has 0 bridgehead atoms. The van der Waals surface area contributed by atoms with E-state index in [4.69, 9.17) is 9.57 Å². The number of rotatable bonds is 5. The summed E-state index contributed by atoms with van der Waals surface area (Å²) in [6.07, 6.45) is 4.75. The zero-order chi connectivity index (χ0) is 13.5. The van der Waals surface area contributed by atoms with Crippen molar-refractivity contribution in [3.8, 4) is 11.6 Å². The molecule has 5 nitrogen and oxygen atoms in total. The van der Waals surface area contributed by atoms with Crippen LogP contribution >= 0.6 is 0 Å². The van der Waals surface area contributed by atoms with Crippen molar-refractivity contribution in [3.05, 3.63) is 48.4 Å². The highest BCUT2D eigenvalue weighted by Crippen LogP contribution is 2.18. The monoisotopic (exact) mass is 257 g/mol. The Morgan fingerprint density at radius 1 is 1.21 bits per heavy atom. The molecule has 98 valence electrons. The molecule has 0 saturated carbocycles. The van der Waals surface area contributed by atoms with Gasteiger partial charge in [-0.25, -0.2) is 4.98 Å². The largest absolute Gasteiger partial charge is 0.438 e. The van der Waals surface area contributed by atoms with Crippen LogP contribution in [0.25, 0.3) is 0 Å². The highest BCUT2D eigenvalue weighted by atomic mass is 16.6. The Morgan fingerprint density at radius 2 is 2.00 bits per heavy atom. The van der Waals surface area contributed by atoms with E-state index in [1.807, 2.05) is 38.1 Å². The van der Waals surface area contributed by atoms with E-state index in [1.165, 1.54) is 0 Å². The maximum Gasteiger partial charge on any atom is 0.237 e. The zero-order valence-corrected chi connectivity index (χ0v) is 10.9. The van der Waals surface area contributed by atoms with Crippen molar-refractivity contribution in [3.63, 3.8) is 0 Å². The summed E-state index contributed by atoms with van der Waals surface area (Å²) in [4.78, 5) is 13.0. The third kappa shape index (κ3) is 3.77. The SMILES string of the molecule is CCON=C(C)c1ccc(Oc2cnccn2)cc1. The predicted molar refractivity (Wildman–Crippen MR) is 72.4 cm³/mol. The molecule has 0 N–H and O–H groups in total.